The van der Waals surface area contributed by atoms with Gasteiger partial charge in [0.25, 0.3) is 5.91 Å². The molecule has 5 nitrogen and oxygen atoms in total. The Kier molecular flexibility index (Phi) is 3.43. The summed E-state index contributed by atoms with van der Waals surface area (Å²) in [5, 5.41) is 8.99. The Morgan fingerprint density at radius 1 is 1.15 bits per heavy atom. The first-order valence-electron chi connectivity index (χ1n) is 6.47. The summed E-state index contributed by atoms with van der Waals surface area (Å²) in [6.07, 6.45) is 0. The molecule has 1 aromatic heterocycles. The SMILES string of the molecule is O=C1c2ccccc2OCCN1Cc1ccc(CO)o1. The highest BCUT2D eigenvalue weighted by atomic mass is 16.5. The topological polar surface area (TPSA) is 62.9 Å². The Hall–Kier alpha value is -2.27. The first-order chi connectivity index (χ1) is 9.78. The Morgan fingerprint density at radius 2 is 1.95 bits per heavy atom. The fraction of sp³-hybridized carbons (Fsp3) is 0.267. The number of furan rings is 1. The van der Waals surface area contributed by atoms with E-state index in [1.54, 1.807) is 29.2 Å². The van der Waals surface area contributed by atoms with E-state index in [0.29, 0.717) is 42.5 Å². The van der Waals surface area contributed by atoms with Gasteiger partial charge in [0.1, 0.15) is 30.5 Å². The molecule has 0 spiro atoms. The lowest BCUT2D eigenvalue weighted by Gasteiger charge is -2.18. The minimum Gasteiger partial charge on any atom is -0.491 e. The fourth-order valence-electron chi connectivity index (χ4n) is 2.24. The maximum Gasteiger partial charge on any atom is 0.258 e. The number of ether oxygens (including phenoxy) is 1. The highest BCUT2D eigenvalue weighted by Gasteiger charge is 2.23. The van der Waals surface area contributed by atoms with Crippen LogP contribution in [0.4, 0.5) is 0 Å². The lowest BCUT2D eigenvalue weighted by Crippen LogP contribution is -2.31. The van der Waals surface area contributed by atoms with E-state index in [4.69, 9.17) is 14.3 Å². The van der Waals surface area contributed by atoms with Crippen molar-refractivity contribution >= 4 is 5.91 Å². The second-order valence-corrected chi connectivity index (χ2v) is 4.60. The number of nitrogens with zero attached hydrogens (tertiary/aromatic N) is 1. The molecule has 0 atom stereocenters. The van der Waals surface area contributed by atoms with Gasteiger partial charge < -0.3 is 19.2 Å². The van der Waals surface area contributed by atoms with Crippen molar-refractivity contribution < 1.29 is 19.1 Å². The van der Waals surface area contributed by atoms with E-state index < -0.39 is 0 Å². The van der Waals surface area contributed by atoms with Crippen LogP contribution >= 0.6 is 0 Å². The average molecular weight is 273 g/mol. The number of carbonyl (C=O) groups excluding carboxylic acids is 1. The van der Waals surface area contributed by atoms with Crippen molar-refractivity contribution in [1.29, 1.82) is 0 Å². The van der Waals surface area contributed by atoms with Crippen LogP contribution in [0.15, 0.2) is 40.8 Å². The minimum absolute atomic E-state index is 0.0694. The molecule has 1 aromatic carbocycles. The largest absolute Gasteiger partial charge is 0.491 e. The highest BCUT2D eigenvalue weighted by Crippen LogP contribution is 2.23. The van der Waals surface area contributed by atoms with Gasteiger partial charge in [-0.25, -0.2) is 0 Å². The van der Waals surface area contributed by atoms with Crippen molar-refractivity contribution in [3.05, 3.63) is 53.5 Å². The standard InChI is InChI=1S/C15H15NO4/c17-10-12-6-5-11(20-12)9-16-7-8-19-14-4-2-1-3-13(14)15(16)18/h1-6,17H,7-10H2. The van der Waals surface area contributed by atoms with Crippen LogP contribution in [-0.2, 0) is 13.2 Å². The molecule has 0 saturated heterocycles. The number of amides is 1. The third-order valence-electron chi connectivity index (χ3n) is 3.24. The molecule has 0 aliphatic carbocycles. The molecule has 1 N–H and O–H groups in total. The van der Waals surface area contributed by atoms with Crippen LogP contribution in [0, 0.1) is 0 Å². The second-order valence-electron chi connectivity index (χ2n) is 4.60. The van der Waals surface area contributed by atoms with Crippen molar-refractivity contribution in [2.24, 2.45) is 0 Å². The van der Waals surface area contributed by atoms with E-state index >= 15 is 0 Å². The van der Waals surface area contributed by atoms with E-state index in [1.165, 1.54) is 0 Å². The summed E-state index contributed by atoms with van der Waals surface area (Å²) in [4.78, 5) is 14.2. The third-order valence-corrected chi connectivity index (χ3v) is 3.24. The zero-order valence-corrected chi connectivity index (χ0v) is 10.9. The van der Waals surface area contributed by atoms with Gasteiger partial charge in [-0.1, -0.05) is 12.1 Å². The molecule has 0 unspecified atom stereocenters. The second kappa shape index (κ2) is 5.38. The molecule has 0 radical (unpaired) electrons. The predicted octanol–water partition coefficient (Wildman–Crippen LogP) is 1.81. The summed E-state index contributed by atoms with van der Waals surface area (Å²) in [7, 11) is 0. The molecular formula is C15H15NO4. The quantitative estimate of drug-likeness (QED) is 0.926. The van der Waals surface area contributed by atoms with Gasteiger partial charge in [0.2, 0.25) is 0 Å². The average Bonchev–Trinajstić information content (AvgIpc) is 2.87. The van der Waals surface area contributed by atoms with Crippen molar-refractivity contribution in [2.45, 2.75) is 13.2 Å². The van der Waals surface area contributed by atoms with Gasteiger partial charge in [0, 0.05) is 0 Å². The van der Waals surface area contributed by atoms with Crippen LogP contribution in [0.1, 0.15) is 21.9 Å². The molecule has 2 heterocycles. The van der Waals surface area contributed by atoms with Gasteiger partial charge in [-0.15, -0.1) is 0 Å². The number of aliphatic hydroxyl groups excluding tert-OH is 1. The third kappa shape index (κ3) is 2.40. The molecule has 0 bridgehead atoms. The molecule has 2 aromatic rings. The molecule has 104 valence electrons. The Bertz CT molecular complexity index is 620. The van der Waals surface area contributed by atoms with Crippen LogP contribution in [-0.4, -0.2) is 29.1 Å². The van der Waals surface area contributed by atoms with Crippen LogP contribution in [0.2, 0.25) is 0 Å². The summed E-state index contributed by atoms with van der Waals surface area (Å²) in [6.45, 7) is 1.19. The van der Waals surface area contributed by atoms with Gasteiger partial charge in [0.15, 0.2) is 0 Å². The number of fused-ring (bicyclic) bond motifs is 1. The van der Waals surface area contributed by atoms with E-state index in [9.17, 15) is 4.79 Å². The van der Waals surface area contributed by atoms with Crippen LogP contribution in [0.5, 0.6) is 5.75 Å². The lowest BCUT2D eigenvalue weighted by molar-refractivity contribution is 0.0729. The first-order valence-corrected chi connectivity index (χ1v) is 6.47. The highest BCUT2D eigenvalue weighted by molar-refractivity contribution is 5.97. The summed E-state index contributed by atoms with van der Waals surface area (Å²) >= 11 is 0. The van der Waals surface area contributed by atoms with Crippen molar-refractivity contribution in [3.63, 3.8) is 0 Å². The summed E-state index contributed by atoms with van der Waals surface area (Å²) < 4.78 is 11.0. The lowest BCUT2D eigenvalue weighted by atomic mass is 10.2. The summed E-state index contributed by atoms with van der Waals surface area (Å²) in [5.74, 6) is 1.70. The zero-order chi connectivity index (χ0) is 13.9. The molecular weight excluding hydrogens is 258 g/mol. The maximum absolute atomic E-state index is 12.5. The number of aliphatic hydroxyl groups is 1. The van der Waals surface area contributed by atoms with E-state index in [-0.39, 0.29) is 12.5 Å². The van der Waals surface area contributed by atoms with E-state index in [0.717, 1.165) is 0 Å². The van der Waals surface area contributed by atoms with Gasteiger partial charge in [-0.2, -0.15) is 0 Å². The van der Waals surface area contributed by atoms with Gasteiger partial charge in [-0.05, 0) is 24.3 Å². The number of carbonyl (C=O) groups is 1. The van der Waals surface area contributed by atoms with Gasteiger partial charge in [-0.3, -0.25) is 4.79 Å². The summed E-state index contributed by atoms with van der Waals surface area (Å²) in [6, 6.07) is 10.7. The zero-order valence-electron chi connectivity index (χ0n) is 10.9. The monoisotopic (exact) mass is 273 g/mol. The van der Waals surface area contributed by atoms with Crippen LogP contribution < -0.4 is 4.74 Å². The molecule has 3 rings (SSSR count). The Balaban J connectivity index is 1.82. The molecule has 0 fully saturated rings. The molecule has 1 amide bonds. The Labute approximate surface area is 116 Å². The maximum atomic E-state index is 12.5. The fourth-order valence-corrected chi connectivity index (χ4v) is 2.24. The molecule has 1 aliphatic rings. The van der Waals surface area contributed by atoms with Gasteiger partial charge >= 0.3 is 0 Å². The smallest absolute Gasteiger partial charge is 0.258 e. The number of hydrogen-bond acceptors (Lipinski definition) is 4. The first kappa shape index (κ1) is 12.7. The van der Waals surface area contributed by atoms with E-state index in [1.807, 2.05) is 12.1 Å². The molecule has 1 aliphatic heterocycles. The van der Waals surface area contributed by atoms with E-state index in [2.05, 4.69) is 0 Å². The van der Waals surface area contributed by atoms with Crippen LogP contribution in [0.3, 0.4) is 0 Å². The molecule has 5 heteroatoms. The predicted molar refractivity (Wildman–Crippen MR) is 71.3 cm³/mol. The number of rotatable bonds is 3. The summed E-state index contributed by atoms with van der Waals surface area (Å²) in [5.41, 5.74) is 0.568. The van der Waals surface area contributed by atoms with Crippen molar-refractivity contribution in [3.8, 4) is 5.75 Å². The number of benzene rings is 1. The van der Waals surface area contributed by atoms with Crippen molar-refractivity contribution in [1.82, 2.24) is 4.90 Å². The minimum atomic E-state index is -0.139. The van der Waals surface area contributed by atoms with Crippen molar-refractivity contribution in [2.75, 3.05) is 13.2 Å². The normalized spacial score (nSPS) is 14.7. The number of para-hydroxylation sites is 1. The molecule has 20 heavy (non-hydrogen) atoms. The van der Waals surface area contributed by atoms with Gasteiger partial charge in [0.05, 0.1) is 18.7 Å². The Morgan fingerprint density at radius 3 is 2.75 bits per heavy atom. The number of hydrogen-bond donors (Lipinski definition) is 1. The van der Waals surface area contributed by atoms with Crippen LogP contribution in [0.25, 0.3) is 0 Å². The molecule has 0 saturated carbocycles.